The fraction of sp³-hybridized carbons (Fsp3) is 0.0500. The summed E-state index contributed by atoms with van der Waals surface area (Å²) in [5.74, 6) is -2.40. The standard InChI is InChI=1S/C20H16F2N2O3S/c1-13-2-8-19(9-3-13)28(26,27)24-18-6-4-17(5-7-18)23-20(25)14-10-15(21)12-16(22)11-14/h2-12,24H,1H3,(H,23,25). The first-order valence-corrected chi connectivity index (χ1v) is 9.68. The maximum absolute atomic E-state index is 13.2. The van der Waals surface area contributed by atoms with E-state index >= 15 is 0 Å². The Labute approximate surface area is 161 Å². The van der Waals surface area contributed by atoms with Crippen molar-refractivity contribution in [3.05, 3.63) is 89.5 Å². The van der Waals surface area contributed by atoms with Crippen LogP contribution in [0.2, 0.25) is 0 Å². The summed E-state index contributed by atoms with van der Waals surface area (Å²) < 4.78 is 53.6. The second kappa shape index (κ2) is 7.77. The van der Waals surface area contributed by atoms with Gasteiger partial charge in [0.1, 0.15) is 11.6 Å². The first kappa shape index (κ1) is 19.5. The monoisotopic (exact) mass is 402 g/mol. The van der Waals surface area contributed by atoms with Gasteiger partial charge in [-0.05, 0) is 55.5 Å². The fourth-order valence-corrected chi connectivity index (χ4v) is 3.50. The molecule has 0 fully saturated rings. The highest BCUT2D eigenvalue weighted by atomic mass is 32.2. The van der Waals surface area contributed by atoms with Gasteiger partial charge in [-0.1, -0.05) is 17.7 Å². The van der Waals surface area contributed by atoms with E-state index in [0.29, 0.717) is 17.4 Å². The highest BCUT2D eigenvalue weighted by Crippen LogP contribution is 2.19. The van der Waals surface area contributed by atoms with E-state index in [2.05, 4.69) is 10.0 Å². The van der Waals surface area contributed by atoms with Crippen LogP contribution in [0, 0.1) is 18.6 Å². The van der Waals surface area contributed by atoms with Crippen molar-refractivity contribution < 1.29 is 22.0 Å². The molecule has 2 N–H and O–H groups in total. The summed E-state index contributed by atoms with van der Waals surface area (Å²) in [5.41, 5.74) is 1.42. The second-order valence-electron chi connectivity index (χ2n) is 6.11. The van der Waals surface area contributed by atoms with Crippen molar-refractivity contribution in [1.29, 1.82) is 0 Å². The van der Waals surface area contributed by atoms with Crippen LogP contribution in [0.15, 0.2) is 71.6 Å². The molecule has 0 spiro atoms. The molecule has 5 nitrogen and oxygen atoms in total. The summed E-state index contributed by atoms with van der Waals surface area (Å²) in [5, 5.41) is 2.49. The average Bonchev–Trinajstić information content (AvgIpc) is 2.62. The molecule has 0 saturated carbocycles. The Morgan fingerprint density at radius 2 is 1.36 bits per heavy atom. The van der Waals surface area contributed by atoms with Crippen LogP contribution in [0.4, 0.5) is 20.2 Å². The van der Waals surface area contributed by atoms with Gasteiger partial charge in [0, 0.05) is 23.0 Å². The molecule has 0 unspecified atom stereocenters. The summed E-state index contributed by atoms with van der Waals surface area (Å²) in [4.78, 5) is 12.2. The van der Waals surface area contributed by atoms with Gasteiger partial charge in [0.25, 0.3) is 15.9 Å². The van der Waals surface area contributed by atoms with Crippen LogP contribution >= 0.6 is 0 Å². The number of carbonyl (C=O) groups is 1. The number of hydrogen-bond acceptors (Lipinski definition) is 3. The molecule has 1 amide bonds. The third-order valence-corrected chi connectivity index (χ3v) is 5.25. The Morgan fingerprint density at radius 1 is 0.821 bits per heavy atom. The third kappa shape index (κ3) is 4.72. The van der Waals surface area contributed by atoms with Crippen LogP contribution in [0.1, 0.15) is 15.9 Å². The largest absolute Gasteiger partial charge is 0.322 e. The van der Waals surface area contributed by atoms with Crippen LogP contribution < -0.4 is 10.0 Å². The highest BCUT2D eigenvalue weighted by molar-refractivity contribution is 7.92. The Kier molecular flexibility index (Phi) is 5.41. The van der Waals surface area contributed by atoms with Crippen molar-refractivity contribution in [2.24, 2.45) is 0 Å². The zero-order chi connectivity index (χ0) is 20.3. The van der Waals surface area contributed by atoms with Gasteiger partial charge in [0.2, 0.25) is 0 Å². The number of nitrogens with one attached hydrogen (secondary N) is 2. The minimum atomic E-state index is -3.74. The van der Waals surface area contributed by atoms with Crippen LogP contribution in [-0.4, -0.2) is 14.3 Å². The van der Waals surface area contributed by atoms with Gasteiger partial charge in [0.15, 0.2) is 0 Å². The maximum atomic E-state index is 13.2. The van der Waals surface area contributed by atoms with Crippen LogP contribution in [0.25, 0.3) is 0 Å². The lowest BCUT2D eigenvalue weighted by atomic mass is 10.2. The Morgan fingerprint density at radius 3 is 1.93 bits per heavy atom. The minimum absolute atomic E-state index is 0.128. The lowest BCUT2D eigenvalue weighted by Gasteiger charge is -2.10. The number of rotatable bonds is 5. The van der Waals surface area contributed by atoms with Gasteiger partial charge in [-0.25, -0.2) is 17.2 Å². The number of halogens is 2. The number of hydrogen-bond donors (Lipinski definition) is 2. The predicted octanol–water partition coefficient (Wildman–Crippen LogP) is 4.33. The van der Waals surface area contributed by atoms with Crippen molar-refractivity contribution in [3.63, 3.8) is 0 Å². The fourth-order valence-electron chi connectivity index (χ4n) is 2.44. The molecule has 8 heteroatoms. The van der Waals surface area contributed by atoms with E-state index in [9.17, 15) is 22.0 Å². The van der Waals surface area contributed by atoms with Crippen molar-refractivity contribution in [2.45, 2.75) is 11.8 Å². The van der Waals surface area contributed by atoms with Crippen molar-refractivity contribution in [1.82, 2.24) is 0 Å². The zero-order valence-electron chi connectivity index (χ0n) is 14.7. The lowest BCUT2D eigenvalue weighted by Crippen LogP contribution is -2.14. The molecule has 144 valence electrons. The maximum Gasteiger partial charge on any atom is 0.261 e. The molecule has 28 heavy (non-hydrogen) atoms. The topological polar surface area (TPSA) is 75.3 Å². The van der Waals surface area contributed by atoms with E-state index in [1.807, 2.05) is 6.92 Å². The highest BCUT2D eigenvalue weighted by Gasteiger charge is 2.14. The summed E-state index contributed by atoms with van der Waals surface area (Å²) in [6, 6.07) is 14.8. The Balaban J connectivity index is 1.71. The van der Waals surface area contributed by atoms with E-state index in [1.165, 1.54) is 36.4 Å². The number of sulfonamides is 1. The van der Waals surface area contributed by atoms with Gasteiger partial charge in [0.05, 0.1) is 4.90 Å². The van der Waals surface area contributed by atoms with Crippen molar-refractivity contribution in [2.75, 3.05) is 10.0 Å². The molecule has 0 heterocycles. The Hall–Kier alpha value is -3.26. The number of carbonyl (C=O) groups excluding carboxylic acids is 1. The van der Waals surface area contributed by atoms with Gasteiger partial charge >= 0.3 is 0 Å². The van der Waals surface area contributed by atoms with Crippen LogP contribution in [0.5, 0.6) is 0 Å². The molecule has 3 rings (SSSR count). The lowest BCUT2D eigenvalue weighted by molar-refractivity contribution is 0.102. The molecule has 0 atom stereocenters. The van der Waals surface area contributed by atoms with E-state index in [1.54, 1.807) is 12.1 Å². The molecule has 0 aliphatic heterocycles. The first-order valence-electron chi connectivity index (χ1n) is 8.20. The molecule has 0 aliphatic carbocycles. The summed E-state index contributed by atoms with van der Waals surface area (Å²) in [7, 11) is -3.74. The van der Waals surface area contributed by atoms with E-state index in [4.69, 9.17) is 0 Å². The van der Waals surface area contributed by atoms with E-state index in [-0.39, 0.29) is 10.5 Å². The molecule has 0 radical (unpaired) electrons. The third-order valence-electron chi connectivity index (χ3n) is 3.85. The quantitative estimate of drug-likeness (QED) is 0.667. The predicted molar refractivity (Wildman–Crippen MR) is 103 cm³/mol. The summed E-state index contributed by atoms with van der Waals surface area (Å²) in [6.07, 6.45) is 0. The van der Waals surface area contributed by atoms with Crippen LogP contribution in [-0.2, 0) is 10.0 Å². The molecular weight excluding hydrogens is 386 g/mol. The van der Waals surface area contributed by atoms with E-state index < -0.39 is 27.6 Å². The second-order valence-corrected chi connectivity index (χ2v) is 7.79. The molecule has 3 aromatic rings. The number of benzene rings is 3. The van der Waals surface area contributed by atoms with Crippen molar-refractivity contribution in [3.8, 4) is 0 Å². The summed E-state index contributed by atoms with van der Waals surface area (Å²) >= 11 is 0. The zero-order valence-corrected chi connectivity index (χ0v) is 15.6. The average molecular weight is 402 g/mol. The molecular formula is C20H16F2N2O3S. The number of aryl methyl sites for hydroxylation is 1. The molecule has 0 aliphatic rings. The Bertz CT molecular complexity index is 1090. The number of amides is 1. The van der Waals surface area contributed by atoms with Gasteiger partial charge in [-0.2, -0.15) is 0 Å². The van der Waals surface area contributed by atoms with Crippen LogP contribution in [0.3, 0.4) is 0 Å². The summed E-state index contributed by atoms with van der Waals surface area (Å²) in [6.45, 7) is 1.86. The minimum Gasteiger partial charge on any atom is -0.322 e. The van der Waals surface area contributed by atoms with Crippen molar-refractivity contribution >= 4 is 27.3 Å². The molecule has 0 bridgehead atoms. The van der Waals surface area contributed by atoms with Gasteiger partial charge in [-0.15, -0.1) is 0 Å². The first-order chi connectivity index (χ1) is 13.2. The smallest absolute Gasteiger partial charge is 0.261 e. The molecule has 0 saturated heterocycles. The normalized spacial score (nSPS) is 11.1. The molecule has 0 aromatic heterocycles. The van der Waals surface area contributed by atoms with E-state index in [0.717, 1.165) is 17.7 Å². The number of anilines is 2. The van der Waals surface area contributed by atoms with Gasteiger partial charge in [-0.3, -0.25) is 9.52 Å². The SMILES string of the molecule is Cc1ccc(S(=O)(=O)Nc2ccc(NC(=O)c3cc(F)cc(F)c3)cc2)cc1. The molecule has 3 aromatic carbocycles. The van der Waals surface area contributed by atoms with Gasteiger partial charge < -0.3 is 5.32 Å².